The van der Waals surface area contributed by atoms with Gasteiger partial charge in [-0.1, -0.05) is 143 Å². The van der Waals surface area contributed by atoms with E-state index in [4.69, 9.17) is 9.97 Å². The van der Waals surface area contributed by atoms with Crippen molar-refractivity contribution < 1.29 is 20.1 Å². The van der Waals surface area contributed by atoms with Crippen molar-refractivity contribution >= 4 is 5.82 Å². The van der Waals surface area contributed by atoms with Crippen LogP contribution in [0.25, 0.3) is 78.3 Å². The van der Waals surface area contributed by atoms with Gasteiger partial charge in [0, 0.05) is 20.1 Å². The van der Waals surface area contributed by atoms with E-state index in [0.29, 0.717) is 11.1 Å². The molecular formula is C64H50IrN6-4. The van der Waals surface area contributed by atoms with Gasteiger partial charge >= 0.3 is 0 Å². The number of aromatic nitrogens is 2. The molecule has 9 aromatic rings. The van der Waals surface area contributed by atoms with Gasteiger partial charge in [-0.05, 0) is 121 Å². The van der Waals surface area contributed by atoms with Gasteiger partial charge in [-0.25, -0.2) is 0 Å². The molecule has 1 aliphatic rings. The summed E-state index contributed by atoms with van der Waals surface area (Å²) in [5, 5.41) is 19.1. The first kappa shape index (κ1) is 49.2. The summed E-state index contributed by atoms with van der Waals surface area (Å²) >= 11 is 0. The van der Waals surface area contributed by atoms with E-state index in [1.807, 2.05) is 84.4 Å². The fraction of sp³-hybridized carbons (Fsp3) is 0.109. The Hall–Kier alpha value is -8.19. The third kappa shape index (κ3) is 11.5. The van der Waals surface area contributed by atoms with Crippen LogP contribution >= 0.6 is 0 Å². The minimum Gasteiger partial charge on any atom is -0.510 e. The van der Waals surface area contributed by atoms with Crippen LogP contribution in [0.2, 0.25) is 0 Å². The van der Waals surface area contributed by atoms with E-state index in [1.165, 1.54) is 38.9 Å². The Labute approximate surface area is 432 Å². The summed E-state index contributed by atoms with van der Waals surface area (Å²) in [5.74, 6) is 1.43. The van der Waals surface area contributed by atoms with E-state index in [9.17, 15) is 10.5 Å². The summed E-state index contributed by atoms with van der Waals surface area (Å²) in [6.07, 6.45) is 4.03. The Balaban J connectivity index is 0.000000195. The SMILES string of the molecule is CC(C)c1cc(-c2ccccc2)cc(C(C)C)c1-c1cc(-c2[c-]ccc(C#N)c2)nc(-c2[c-]ccc(C#N)c2)c1.CN1C=CN(c2cc(-c3ccc(-c4ccccc4)cc3)cc(-c3[c-]cccc3)n2)[CH-]1.[Ir]. The molecule has 0 N–H and O–H groups in total. The Morgan fingerprint density at radius 1 is 0.465 bits per heavy atom. The standard InChI is InChI=1S/C37H29N3.C27H21N3.Ir/c1-24(2)33-18-31(28-12-6-5-7-13-28)19-34(25(3)4)37(33)32-20-35(29-14-8-10-26(16-29)22-38)40-36(21-32)30-15-9-11-27(17-30)23-39;1-29-16-17-30(20-29)27-19-25(18-26(28-27)24-10-6-3-7-11-24)23-14-12-22(13-15-23)21-8-4-2-5-9-21;/h5-13,16-21,24-25H,1-4H3;2-10,12-20H,1H3;/q2*-2;. The van der Waals surface area contributed by atoms with E-state index in [2.05, 4.69) is 167 Å². The molecule has 1 radical (unpaired) electrons. The molecule has 0 spiro atoms. The average molecular weight is 1100 g/mol. The van der Waals surface area contributed by atoms with Crippen LogP contribution in [-0.2, 0) is 20.1 Å². The van der Waals surface area contributed by atoms with Gasteiger partial charge in [0.25, 0.3) is 0 Å². The zero-order valence-corrected chi connectivity index (χ0v) is 42.6. The fourth-order valence-electron chi connectivity index (χ4n) is 8.62. The topological polar surface area (TPSA) is 79.8 Å². The van der Waals surface area contributed by atoms with Crippen LogP contribution < -0.4 is 4.90 Å². The van der Waals surface area contributed by atoms with E-state index in [-0.39, 0.29) is 31.9 Å². The molecule has 7 heteroatoms. The van der Waals surface area contributed by atoms with Gasteiger partial charge < -0.3 is 14.8 Å². The van der Waals surface area contributed by atoms with Crippen LogP contribution in [0.5, 0.6) is 0 Å². The quantitative estimate of drug-likeness (QED) is 0.127. The minimum absolute atomic E-state index is 0. The summed E-state index contributed by atoms with van der Waals surface area (Å²) in [7, 11) is 2.01. The largest absolute Gasteiger partial charge is 0.510 e. The Kier molecular flexibility index (Phi) is 15.6. The van der Waals surface area contributed by atoms with Gasteiger partial charge in [0.2, 0.25) is 0 Å². The predicted octanol–water partition coefficient (Wildman–Crippen LogP) is 15.6. The Bertz CT molecular complexity index is 3280. The number of pyridine rings is 2. The molecule has 0 aliphatic carbocycles. The Morgan fingerprint density at radius 2 is 0.930 bits per heavy atom. The minimum atomic E-state index is 0. The van der Waals surface area contributed by atoms with Crippen LogP contribution in [0.4, 0.5) is 5.82 Å². The average Bonchev–Trinajstić information content (AvgIpc) is 3.87. The second-order valence-corrected chi connectivity index (χ2v) is 17.8. The van der Waals surface area contributed by atoms with Crippen molar-refractivity contribution in [2.45, 2.75) is 39.5 Å². The molecule has 0 unspecified atom stereocenters. The number of nitrogens with zero attached hydrogens (tertiary/aromatic N) is 6. The summed E-state index contributed by atoms with van der Waals surface area (Å²) in [6.45, 7) is 10.9. The zero-order valence-electron chi connectivity index (χ0n) is 40.2. The van der Waals surface area contributed by atoms with Crippen molar-refractivity contribution in [2.24, 2.45) is 0 Å². The molecule has 0 saturated heterocycles. The van der Waals surface area contributed by atoms with Crippen molar-refractivity contribution in [1.82, 2.24) is 14.9 Å². The Morgan fingerprint density at radius 3 is 1.42 bits per heavy atom. The number of anilines is 1. The third-order valence-electron chi connectivity index (χ3n) is 12.2. The van der Waals surface area contributed by atoms with Gasteiger partial charge in [0.15, 0.2) is 0 Å². The summed E-state index contributed by atoms with van der Waals surface area (Å²) in [4.78, 5) is 13.9. The third-order valence-corrected chi connectivity index (χ3v) is 12.2. The zero-order chi connectivity index (χ0) is 48.6. The molecule has 71 heavy (non-hydrogen) atoms. The molecule has 0 bridgehead atoms. The molecule has 349 valence electrons. The van der Waals surface area contributed by atoms with E-state index in [0.717, 1.165) is 56.3 Å². The maximum atomic E-state index is 9.53. The second kappa shape index (κ2) is 22.5. The molecule has 0 fully saturated rings. The van der Waals surface area contributed by atoms with Crippen molar-refractivity contribution in [3.05, 3.63) is 242 Å². The van der Waals surface area contributed by atoms with Crippen LogP contribution in [0, 0.1) is 47.5 Å². The molecular weight excluding hydrogens is 1040 g/mol. The summed E-state index contributed by atoms with van der Waals surface area (Å²) in [5.41, 5.74) is 17.8. The first-order valence-corrected chi connectivity index (χ1v) is 23.4. The molecule has 2 aromatic heterocycles. The number of hydrogen-bond donors (Lipinski definition) is 0. The molecule has 1 aliphatic heterocycles. The van der Waals surface area contributed by atoms with Crippen molar-refractivity contribution in [2.75, 3.05) is 11.9 Å². The predicted molar refractivity (Wildman–Crippen MR) is 284 cm³/mol. The van der Waals surface area contributed by atoms with Gasteiger partial charge in [-0.2, -0.15) is 10.5 Å². The van der Waals surface area contributed by atoms with E-state index < -0.39 is 0 Å². The molecule has 10 rings (SSSR count). The summed E-state index contributed by atoms with van der Waals surface area (Å²) in [6, 6.07) is 75.6. The van der Waals surface area contributed by atoms with E-state index >= 15 is 0 Å². The van der Waals surface area contributed by atoms with Gasteiger partial charge in [0.05, 0.1) is 18.0 Å². The number of hydrogen-bond acceptors (Lipinski definition) is 6. The molecule has 7 aromatic carbocycles. The first-order valence-electron chi connectivity index (χ1n) is 23.4. The molecule has 3 heterocycles. The van der Waals surface area contributed by atoms with Crippen LogP contribution in [0.3, 0.4) is 0 Å². The van der Waals surface area contributed by atoms with Gasteiger partial charge in [-0.15, -0.1) is 102 Å². The molecule has 0 atom stereocenters. The smallest absolute Gasteiger partial charge is 0.0949 e. The van der Waals surface area contributed by atoms with Crippen LogP contribution in [0.15, 0.2) is 194 Å². The number of benzene rings is 7. The van der Waals surface area contributed by atoms with Crippen LogP contribution in [0.1, 0.15) is 61.8 Å². The van der Waals surface area contributed by atoms with Crippen molar-refractivity contribution in [3.63, 3.8) is 0 Å². The second-order valence-electron chi connectivity index (χ2n) is 17.8. The van der Waals surface area contributed by atoms with Gasteiger partial charge in [-0.3, -0.25) is 4.98 Å². The number of nitriles is 2. The monoisotopic (exact) mass is 1100 g/mol. The maximum Gasteiger partial charge on any atom is 0.0949 e. The first-order chi connectivity index (χ1) is 34.1. The van der Waals surface area contributed by atoms with Gasteiger partial charge in [0.1, 0.15) is 0 Å². The fourth-order valence-corrected chi connectivity index (χ4v) is 8.62. The van der Waals surface area contributed by atoms with Crippen LogP contribution in [-0.4, -0.2) is 21.9 Å². The number of rotatable bonds is 10. The van der Waals surface area contributed by atoms with E-state index in [1.54, 1.807) is 24.3 Å². The molecule has 0 saturated carbocycles. The van der Waals surface area contributed by atoms with Crippen molar-refractivity contribution in [3.8, 4) is 90.4 Å². The van der Waals surface area contributed by atoms with Crippen molar-refractivity contribution in [1.29, 1.82) is 10.5 Å². The normalized spacial score (nSPS) is 11.7. The maximum absolute atomic E-state index is 9.53. The molecule has 0 amide bonds. The summed E-state index contributed by atoms with van der Waals surface area (Å²) < 4.78 is 0. The molecule has 6 nitrogen and oxygen atoms in total.